The maximum Gasteiger partial charge on any atom is 0.346 e. The predicted octanol–water partition coefficient (Wildman–Crippen LogP) is 1.56. The van der Waals surface area contributed by atoms with Crippen LogP contribution in [0.15, 0.2) is 4.79 Å². The van der Waals surface area contributed by atoms with Gasteiger partial charge in [-0.15, -0.1) is 0 Å². The van der Waals surface area contributed by atoms with Gasteiger partial charge in [0.05, 0.1) is 0 Å². The molecule has 0 N–H and O–H groups in total. The SMILES string of the molecule is CC1CCCC(C)N1C(=O)Cn1nc2n(c1=O)CCCCC2. The van der Waals surface area contributed by atoms with E-state index in [0.717, 1.165) is 50.9 Å². The molecular weight excluding hydrogens is 280 g/mol. The van der Waals surface area contributed by atoms with Crippen molar-refractivity contribution in [2.45, 2.75) is 84.0 Å². The number of fused-ring (bicyclic) bond motifs is 1. The highest BCUT2D eigenvalue weighted by molar-refractivity contribution is 5.76. The van der Waals surface area contributed by atoms with Crippen molar-refractivity contribution in [1.29, 1.82) is 0 Å². The Balaban J connectivity index is 1.78. The predicted molar refractivity (Wildman–Crippen MR) is 83.7 cm³/mol. The lowest BCUT2D eigenvalue weighted by molar-refractivity contribution is -0.138. The summed E-state index contributed by atoms with van der Waals surface area (Å²) in [4.78, 5) is 27.0. The Morgan fingerprint density at radius 3 is 2.59 bits per heavy atom. The van der Waals surface area contributed by atoms with Gasteiger partial charge >= 0.3 is 5.69 Å². The van der Waals surface area contributed by atoms with Gasteiger partial charge < -0.3 is 4.90 Å². The quantitative estimate of drug-likeness (QED) is 0.833. The molecule has 0 radical (unpaired) electrons. The summed E-state index contributed by atoms with van der Waals surface area (Å²) in [6.07, 6.45) is 7.34. The molecule has 2 atom stereocenters. The van der Waals surface area contributed by atoms with E-state index in [2.05, 4.69) is 18.9 Å². The molecule has 2 aliphatic heterocycles. The molecule has 1 aromatic heterocycles. The van der Waals surface area contributed by atoms with E-state index in [1.54, 1.807) is 4.57 Å². The molecule has 3 rings (SSSR count). The number of aryl methyl sites for hydroxylation is 1. The van der Waals surface area contributed by atoms with Gasteiger partial charge in [-0.05, 0) is 46.0 Å². The van der Waals surface area contributed by atoms with E-state index in [-0.39, 0.29) is 30.2 Å². The first kappa shape index (κ1) is 15.3. The summed E-state index contributed by atoms with van der Waals surface area (Å²) in [5, 5.41) is 4.41. The van der Waals surface area contributed by atoms with Crippen molar-refractivity contribution < 1.29 is 4.79 Å². The van der Waals surface area contributed by atoms with Gasteiger partial charge in [-0.3, -0.25) is 9.36 Å². The second kappa shape index (κ2) is 6.26. The van der Waals surface area contributed by atoms with Gasteiger partial charge in [0, 0.05) is 25.0 Å². The lowest BCUT2D eigenvalue weighted by Crippen LogP contribution is -2.49. The number of hydrogen-bond acceptors (Lipinski definition) is 3. The summed E-state index contributed by atoms with van der Waals surface area (Å²) in [7, 11) is 0. The van der Waals surface area contributed by atoms with Gasteiger partial charge in [-0.2, -0.15) is 5.10 Å². The van der Waals surface area contributed by atoms with E-state index in [1.165, 1.54) is 11.1 Å². The summed E-state index contributed by atoms with van der Waals surface area (Å²) in [5.74, 6) is 0.866. The average molecular weight is 306 g/mol. The van der Waals surface area contributed by atoms with Crippen molar-refractivity contribution in [1.82, 2.24) is 19.2 Å². The highest BCUT2D eigenvalue weighted by Gasteiger charge is 2.29. The Bertz CT molecular complexity index is 594. The molecule has 0 saturated carbocycles. The molecule has 1 saturated heterocycles. The highest BCUT2D eigenvalue weighted by atomic mass is 16.2. The zero-order valence-corrected chi connectivity index (χ0v) is 13.6. The van der Waals surface area contributed by atoms with Crippen LogP contribution in [0.1, 0.15) is 58.2 Å². The van der Waals surface area contributed by atoms with Crippen molar-refractivity contribution in [3.8, 4) is 0 Å². The molecule has 2 unspecified atom stereocenters. The molecule has 6 nitrogen and oxygen atoms in total. The van der Waals surface area contributed by atoms with Crippen molar-refractivity contribution in [3.05, 3.63) is 16.3 Å². The van der Waals surface area contributed by atoms with E-state index >= 15 is 0 Å². The molecule has 0 spiro atoms. The van der Waals surface area contributed by atoms with Gasteiger partial charge in [-0.1, -0.05) is 6.42 Å². The zero-order chi connectivity index (χ0) is 15.7. The molecule has 2 aliphatic rings. The first-order valence-electron chi connectivity index (χ1n) is 8.55. The highest BCUT2D eigenvalue weighted by Crippen LogP contribution is 2.22. The Morgan fingerprint density at radius 2 is 1.86 bits per heavy atom. The maximum atomic E-state index is 12.6. The fourth-order valence-corrected chi connectivity index (χ4v) is 3.85. The molecule has 122 valence electrons. The Labute approximate surface area is 131 Å². The van der Waals surface area contributed by atoms with Crippen LogP contribution in [0.25, 0.3) is 0 Å². The van der Waals surface area contributed by atoms with Gasteiger partial charge in [0.1, 0.15) is 12.4 Å². The van der Waals surface area contributed by atoms with Crippen LogP contribution in [0.2, 0.25) is 0 Å². The van der Waals surface area contributed by atoms with Crippen LogP contribution in [-0.4, -0.2) is 37.2 Å². The van der Waals surface area contributed by atoms with Gasteiger partial charge in [-0.25, -0.2) is 9.48 Å². The number of hydrogen-bond donors (Lipinski definition) is 0. The minimum atomic E-state index is -0.123. The average Bonchev–Trinajstić information content (AvgIpc) is 2.65. The van der Waals surface area contributed by atoms with Crippen molar-refractivity contribution in [3.63, 3.8) is 0 Å². The third-order valence-electron chi connectivity index (χ3n) is 5.05. The molecule has 3 heterocycles. The molecule has 0 aliphatic carbocycles. The lowest BCUT2D eigenvalue weighted by atomic mass is 9.97. The third kappa shape index (κ3) is 2.83. The van der Waals surface area contributed by atoms with E-state index < -0.39 is 0 Å². The largest absolute Gasteiger partial charge is 0.346 e. The number of piperidine rings is 1. The number of carbonyl (C=O) groups is 1. The molecule has 1 fully saturated rings. The van der Waals surface area contributed by atoms with Crippen LogP contribution >= 0.6 is 0 Å². The number of aromatic nitrogens is 3. The Kier molecular flexibility index (Phi) is 4.36. The summed E-state index contributed by atoms with van der Waals surface area (Å²) >= 11 is 0. The minimum Gasteiger partial charge on any atom is -0.336 e. The van der Waals surface area contributed by atoms with Gasteiger partial charge in [0.2, 0.25) is 5.91 Å². The van der Waals surface area contributed by atoms with Crippen LogP contribution in [0.4, 0.5) is 0 Å². The monoisotopic (exact) mass is 306 g/mol. The van der Waals surface area contributed by atoms with Crippen LogP contribution < -0.4 is 5.69 Å². The third-order valence-corrected chi connectivity index (χ3v) is 5.05. The molecule has 1 amide bonds. The first-order chi connectivity index (χ1) is 10.6. The first-order valence-corrected chi connectivity index (χ1v) is 8.55. The molecule has 22 heavy (non-hydrogen) atoms. The topological polar surface area (TPSA) is 60.1 Å². The Hall–Kier alpha value is -1.59. The van der Waals surface area contributed by atoms with Gasteiger partial charge in [0.15, 0.2) is 0 Å². The van der Waals surface area contributed by atoms with Crippen molar-refractivity contribution in [2.24, 2.45) is 0 Å². The molecular formula is C16H26N4O2. The van der Waals surface area contributed by atoms with Gasteiger partial charge in [0.25, 0.3) is 0 Å². The number of likely N-dealkylation sites (tertiary alicyclic amines) is 1. The van der Waals surface area contributed by atoms with E-state index in [1.807, 2.05) is 4.90 Å². The fraction of sp³-hybridized carbons (Fsp3) is 0.812. The summed E-state index contributed by atoms with van der Waals surface area (Å²) in [6, 6.07) is 0.514. The van der Waals surface area contributed by atoms with E-state index in [4.69, 9.17) is 0 Å². The van der Waals surface area contributed by atoms with Crippen LogP contribution in [0.3, 0.4) is 0 Å². The van der Waals surface area contributed by atoms with Crippen LogP contribution in [-0.2, 0) is 24.3 Å². The lowest BCUT2D eigenvalue weighted by Gasteiger charge is -2.39. The maximum absolute atomic E-state index is 12.6. The van der Waals surface area contributed by atoms with E-state index in [0.29, 0.717) is 0 Å². The summed E-state index contributed by atoms with van der Waals surface area (Å²) in [5.41, 5.74) is -0.123. The molecule has 1 aromatic rings. The number of rotatable bonds is 2. The summed E-state index contributed by atoms with van der Waals surface area (Å²) < 4.78 is 3.13. The van der Waals surface area contributed by atoms with Crippen LogP contribution in [0, 0.1) is 0 Å². The second-order valence-corrected chi connectivity index (χ2v) is 6.75. The number of amides is 1. The minimum absolute atomic E-state index is 0.0232. The van der Waals surface area contributed by atoms with Crippen molar-refractivity contribution >= 4 is 5.91 Å². The molecule has 0 aromatic carbocycles. The van der Waals surface area contributed by atoms with Crippen LogP contribution in [0.5, 0.6) is 0 Å². The second-order valence-electron chi connectivity index (χ2n) is 6.75. The fourth-order valence-electron chi connectivity index (χ4n) is 3.85. The van der Waals surface area contributed by atoms with E-state index in [9.17, 15) is 9.59 Å². The zero-order valence-electron chi connectivity index (χ0n) is 13.6. The smallest absolute Gasteiger partial charge is 0.336 e. The summed E-state index contributed by atoms with van der Waals surface area (Å²) in [6.45, 7) is 5.00. The molecule has 0 bridgehead atoms. The molecule has 6 heteroatoms. The standard InChI is InChI=1S/C16H26N4O2/c1-12-7-6-8-13(2)20(12)15(21)11-19-16(22)18-10-5-3-4-9-14(18)17-19/h12-13H,3-11H2,1-2H3. The number of nitrogens with zero attached hydrogens (tertiary/aromatic N) is 4. The Morgan fingerprint density at radius 1 is 1.14 bits per heavy atom. The number of carbonyl (C=O) groups excluding carboxylic acids is 1. The van der Waals surface area contributed by atoms with Crippen molar-refractivity contribution in [2.75, 3.05) is 0 Å². The normalized spacial score (nSPS) is 25.6.